The molecule has 4 aromatic rings. The van der Waals surface area contributed by atoms with Gasteiger partial charge in [-0.1, -0.05) is 48.5 Å². The largest absolute Gasteiger partial charge is 0.246 e. The third-order valence-electron chi connectivity index (χ3n) is 3.46. The predicted molar refractivity (Wildman–Crippen MR) is 106 cm³/mol. The van der Waals surface area contributed by atoms with E-state index >= 15 is 0 Å². The van der Waals surface area contributed by atoms with Crippen LogP contribution < -0.4 is 0 Å². The second-order valence-corrected chi connectivity index (χ2v) is 25.2. The first kappa shape index (κ1) is 18.9. The molecule has 0 saturated carbocycles. The predicted octanol–water partition coefficient (Wildman–Crippen LogP) is 7.21. The first-order valence-electron chi connectivity index (χ1n) is 7.30. The van der Waals surface area contributed by atoms with Gasteiger partial charge < -0.3 is 0 Å². The van der Waals surface area contributed by atoms with E-state index in [2.05, 4.69) is 34.2 Å². The van der Waals surface area contributed by atoms with Crippen molar-refractivity contribution in [3.63, 3.8) is 0 Å². The Labute approximate surface area is 164 Å². The van der Waals surface area contributed by atoms with Crippen molar-refractivity contribution in [1.29, 1.82) is 0 Å². The summed E-state index contributed by atoms with van der Waals surface area (Å²) in [5, 5.41) is 2.30. The van der Waals surface area contributed by atoms with Crippen LogP contribution in [0.15, 0.2) is 72.8 Å². The summed E-state index contributed by atoms with van der Waals surface area (Å²) in [5.41, 5.74) is 3.82. The molecule has 2 heterocycles. The van der Waals surface area contributed by atoms with Crippen LogP contribution in [0.5, 0.6) is 0 Å². The van der Waals surface area contributed by atoms with Crippen LogP contribution in [-0.4, -0.2) is 9.97 Å². The number of halogens is 4. The number of benzene rings is 2. The Bertz CT molecular complexity index is 935. The van der Waals surface area contributed by atoms with Gasteiger partial charge in [0.05, 0.1) is 22.4 Å². The zero-order valence-corrected chi connectivity index (χ0v) is 18.0. The van der Waals surface area contributed by atoms with Gasteiger partial charge in [-0.3, -0.25) is 0 Å². The fourth-order valence-electron chi connectivity index (χ4n) is 2.42. The smallest absolute Gasteiger partial charge is 0.0894 e. The maximum Gasteiger partial charge on any atom is 0.0894 e. The van der Waals surface area contributed by atoms with Gasteiger partial charge in [0.2, 0.25) is 0 Å². The molecule has 2 aromatic heterocycles. The molecule has 0 aliphatic carbocycles. The third-order valence-corrected chi connectivity index (χ3v) is 3.46. The molecule has 0 N–H and O–H groups in total. The van der Waals surface area contributed by atoms with Crippen LogP contribution in [-0.2, 0) is 12.8 Å². The summed E-state index contributed by atoms with van der Waals surface area (Å²) in [7, 11) is 20.1. The molecular weight excluding hydrogens is 479 g/mol. The van der Waals surface area contributed by atoms with E-state index in [9.17, 15) is 0 Å². The SMILES string of the molecule is [Cl][Nb]([Cl])([Cl])[Cl].c1ccc2nc(-c3ccc4ccccc4n3)ccc2c1. The monoisotopic (exact) mass is 489 g/mol. The van der Waals surface area contributed by atoms with Crippen LogP contribution in [0, 0.1) is 0 Å². The van der Waals surface area contributed by atoms with Crippen molar-refractivity contribution in [3.05, 3.63) is 72.8 Å². The number of hydrogen-bond donors (Lipinski definition) is 0. The van der Waals surface area contributed by atoms with Crippen LogP contribution >= 0.6 is 36.8 Å². The van der Waals surface area contributed by atoms with Gasteiger partial charge in [-0.05, 0) is 24.3 Å². The molecule has 0 amide bonds. The van der Waals surface area contributed by atoms with Gasteiger partial charge in [-0.25, -0.2) is 9.97 Å². The molecule has 2 aromatic carbocycles. The van der Waals surface area contributed by atoms with E-state index in [0.29, 0.717) is 0 Å². The summed E-state index contributed by atoms with van der Waals surface area (Å²) in [6.07, 6.45) is 0. The second-order valence-electron chi connectivity index (χ2n) is 5.16. The number of para-hydroxylation sites is 2. The van der Waals surface area contributed by atoms with Crippen LogP contribution in [0.3, 0.4) is 0 Å². The third kappa shape index (κ3) is 5.57. The van der Waals surface area contributed by atoms with Crippen LogP contribution in [0.2, 0.25) is 0 Å². The fourth-order valence-corrected chi connectivity index (χ4v) is 2.42. The molecule has 7 heteroatoms. The van der Waals surface area contributed by atoms with Crippen molar-refractivity contribution in [2.24, 2.45) is 0 Å². The van der Waals surface area contributed by atoms with Gasteiger partial charge in [-0.15, -0.1) is 0 Å². The van der Waals surface area contributed by atoms with Gasteiger partial charge >= 0.3 is 49.6 Å². The summed E-state index contributed by atoms with van der Waals surface area (Å²) in [5.74, 6) is 0. The number of aromatic nitrogens is 2. The number of pyridine rings is 2. The Morgan fingerprint density at radius 3 is 1.28 bits per heavy atom. The Kier molecular flexibility index (Phi) is 6.24. The average Bonchev–Trinajstić information content (AvgIpc) is 2.59. The minimum Gasteiger partial charge on any atom is -0.246 e. The maximum atomic E-state index is 5.03. The minimum absolute atomic E-state index is 0.912. The van der Waals surface area contributed by atoms with Gasteiger partial charge in [0.1, 0.15) is 0 Å². The number of hydrogen-bond acceptors (Lipinski definition) is 2. The van der Waals surface area contributed by atoms with Crippen LogP contribution in [0.25, 0.3) is 33.2 Å². The van der Waals surface area contributed by atoms with Crippen molar-refractivity contribution in [3.8, 4) is 11.4 Å². The molecule has 0 saturated heterocycles. The standard InChI is InChI=1S/C18H12N2.4ClH.Nb/c1-3-7-15-13(5-1)9-11-17(19-15)18-12-10-14-6-2-4-8-16(14)20-18;;;;;/h1-12H;4*1H;/q;;;;;+4/p-4. The summed E-state index contributed by atoms with van der Waals surface area (Å²) < 4.78 is 0. The van der Waals surface area contributed by atoms with Gasteiger partial charge in [0, 0.05) is 10.8 Å². The van der Waals surface area contributed by atoms with E-state index in [4.69, 9.17) is 36.8 Å². The fraction of sp³-hybridized carbons (Fsp3) is 0. The Morgan fingerprint density at radius 2 is 0.880 bits per heavy atom. The zero-order valence-electron chi connectivity index (χ0n) is 12.8. The molecule has 0 fully saturated rings. The van der Waals surface area contributed by atoms with Gasteiger partial charge in [-0.2, -0.15) is 0 Å². The second kappa shape index (κ2) is 8.24. The maximum absolute atomic E-state index is 5.03. The van der Waals surface area contributed by atoms with Gasteiger partial charge in [0.25, 0.3) is 0 Å². The molecule has 0 bridgehead atoms. The van der Waals surface area contributed by atoms with E-state index in [-0.39, 0.29) is 0 Å². The van der Waals surface area contributed by atoms with E-state index < -0.39 is 12.8 Å². The molecule has 0 unspecified atom stereocenters. The first-order valence-corrected chi connectivity index (χ1v) is 18.6. The molecule has 0 atom stereocenters. The average molecular weight is 491 g/mol. The Morgan fingerprint density at radius 1 is 0.520 bits per heavy atom. The van der Waals surface area contributed by atoms with Crippen LogP contribution in [0.4, 0.5) is 0 Å². The molecule has 127 valence electrons. The summed E-state index contributed by atoms with van der Waals surface area (Å²) in [4.78, 5) is 9.38. The van der Waals surface area contributed by atoms with E-state index in [1.54, 1.807) is 0 Å². The molecule has 0 aliphatic rings. The van der Waals surface area contributed by atoms with Crippen molar-refractivity contribution in [2.75, 3.05) is 0 Å². The molecular formula is C18H12Cl4N2Nb. The molecule has 0 radical (unpaired) electrons. The van der Waals surface area contributed by atoms with Crippen molar-refractivity contribution in [2.45, 2.75) is 0 Å². The summed E-state index contributed by atoms with van der Waals surface area (Å²) >= 11 is -3.21. The van der Waals surface area contributed by atoms with Crippen molar-refractivity contribution >= 4 is 58.6 Å². The van der Waals surface area contributed by atoms with E-state index in [1.165, 1.54) is 0 Å². The molecule has 2 nitrogen and oxygen atoms in total. The topological polar surface area (TPSA) is 25.8 Å². The summed E-state index contributed by atoms with van der Waals surface area (Å²) in [6, 6.07) is 24.5. The first-order chi connectivity index (χ1) is 11.9. The normalized spacial score (nSPS) is 11.2. The van der Waals surface area contributed by atoms with Crippen molar-refractivity contribution < 1.29 is 12.8 Å². The van der Waals surface area contributed by atoms with E-state index in [0.717, 1.165) is 33.2 Å². The van der Waals surface area contributed by atoms with E-state index in [1.807, 2.05) is 48.5 Å². The number of nitrogens with zero attached hydrogens (tertiary/aromatic N) is 2. The number of fused-ring (bicyclic) bond motifs is 2. The Balaban J connectivity index is 0.000000324. The summed E-state index contributed by atoms with van der Waals surface area (Å²) in [6.45, 7) is 0. The van der Waals surface area contributed by atoms with Crippen molar-refractivity contribution in [1.82, 2.24) is 9.97 Å². The molecule has 25 heavy (non-hydrogen) atoms. The molecule has 0 aliphatic heterocycles. The molecule has 4 rings (SSSR count). The Hall–Kier alpha value is -0.840. The minimum atomic E-state index is -3.21. The molecule has 0 spiro atoms. The quantitative estimate of drug-likeness (QED) is 0.263. The zero-order chi connectivity index (χ0) is 17.9. The van der Waals surface area contributed by atoms with Crippen LogP contribution in [0.1, 0.15) is 0 Å². The van der Waals surface area contributed by atoms with Gasteiger partial charge in [0.15, 0.2) is 0 Å². The number of rotatable bonds is 1.